The van der Waals surface area contributed by atoms with Gasteiger partial charge >= 0.3 is 0 Å². The van der Waals surface area contributed by atoms with Gasteiger partial charge in [0.05, 0.1) is 0 Å². The number of rotatable bonds is 58. The van der Waals surface area contributed by atoms with E-state index in [2.05, 4.69) is 150 Å². The third-order valence-corrected chi connectivity index (χ3v) is 28.1. The minimum atomic E-state index is 1.11. The van der Waals surface area contributed by atoms with Crippen LogP contribution in [0.4, 0.5) is 0 Å². The van der Waals surface area contributed by atoms with Crippen LogP contribution in [0.5, 0.6) is 0 Å². The van der Waals surface area contributed by atoms with Crippen LogP contribution in [0.25, 0.3) is 129 Å². The Bertz CT molecular complexity index is 4980. The van der Waals surface area contributed by atoms with E-state index in [1.807, 2.05) is 0 Å². The maximum Gasteiger partial charge on any atom is 0.0261 e. The number of hydrogen-bond acceptors (Lipinski definition) is 0. The Labute approximate surface area is 692 Å². The van der Waals surface area contributed by atoms with Gasteiger partial charge in [0.1, 0.15) is 0 Å². The van der Waals surface area contributed by atoms with Gasteiger partial charge in [-0.1, -0.05) is 422 Å². The second-order valence-corrected chi connectivity index (χ2v) is 37.2. The van der Waals surface area contributed by atoms with Crippen LogP contribution >= 0.6 is 0 Å². The molecular formula is C114H150. The quantitative estimate of drug-likeness (QED) is 0.0154. The number of unbranched alkanes of at least 4 members (excludes halogenated alkanes) is 46. The summed E-state index contributed by atoms with van der Waals surface area (Å²) >= 11 is 0. The topological polar surface area (TPSA) is 0 Å². The van der Waals surface area contributed by atoms with Crippen molar-refractivity contribution >= 4 is 129 Å². The summed E-state index contributed by atoms with van der Waals surface area (Å²) in [5, 5.41) is 36.4. The van der Waals surface area contributed by atoms with Gasteiger partial charge in [0.2, 0.25) is 0 Å². The lowest BCUT2D eigenvalue weighted by Gasteiger charge is -2.30. The zero-order chi connectivity index (χ0) is 78.2. The Balaban J connectivity index is 0.997. The van der Waals surface area contributed by atoms with Crippen molar-refractivity contribution in [3.8, 4) is 11.8 Å². The summed E-state index contributed by atoms with van der Waals surface area (Å²) < 4.78 is 0. The molecule has 14 aromatic carbocycles. The fourth-order valence-electron chi connectivity index (χ4n) is 21.7. The molecule has 114 heavy (non-hydrogen) atoms. The highest BCUT2D eigenvalue weighted by atomic mass is 14.4. The molecule has 0 heteroatoms. The summed E-state index contributed by atoms with van der Waals surface area (Å²) in [6.07, 6.45) is 77.3. The van der Waals surface area contributed by atoms with E-state index in [9.17, 15) is 0 Å². The maximum atomic E-state index is 3.98. The van der Waals surface area contributed by atoms with Crippen LogP contribution in [0.3, 0.4) is 0 Å². The number of aryl methyl sites for hydroxylation is 6. The Morgan fingerprint density at radius 1 is 0.140 bits per heavy atom. The van der Waals surface area contributed by atoms with Crippen LogP contribution in [0.2, 0.25) is 0 Å². The van der Waals surface area contributed by atoms with Crippen molar-refractivity contribution in [2.24, 2.45) is 0 Å². The van der Waals surface area contributed by atoms with E-state index < -0.39 is 0 Å². The van der Waals surface area contributed by atoms with Gasteiger partial charge in [-0.25, -0.2) is 0 Å². The molecule has 0 radical (unpaired) electrons. The number of hydrogen-bond donors (Lipinski definition) is 0. The summed E-state index contributed by atoms with van der Waals surface area (Å²) in [7, 11) is 0. The van der Waals surface area contributed by atoms with Gasteiger partial charge in [-0.05, 0) is 264 Å². The lowest BCUT2D eigenvalue weighted by atomic mass is 9.72. The molecule has 0 spiro atoms. The van der Waals surface area contributed by atoms with Crippen molar-refractivity contribution in [2.75, 3.05) is 0 Å². The average molecular weight is 1520 g/mol. The van der Waals surface area contributed by atoms with Crippen LogP contribution in [-0.2, 0) is 38.5 Å². The predicted octanol–water partition coefficient (Wildman–Crippen LogP) is 37.2. The molecule has 0 aliphatic heterocycles. The summed E-state index contributed by atoms with van der Waals surface area (Å²) in [5.41, 5.74) is 11.4. The highest BCUT2D eigenvalue weighted by Gasteiger charge is 2.33. The second-order valence-electron chi connectivity index (χ2n) is 37.2. The largest absolute Gasteiger partial charge is 0.0654 e. The van der Waals surface area contributed by atoms with Gasteiger partial charge < -0.3 is 0 Å². The summed E-state index contributed by atoms with van der Waals surface area (Å²) in [6.45, 7) is 14.0. The average Bonchev–Trinajstić information content (AvgIpc) is 0.642. The lowest BCUT2D eigenvalue weighted by molar-refractivity contribution is 0.556. The molecule has 0 heterocycles. The molecule has 0 atom stereocenters. The van der Waals surface area contributed by atoms with Crippen LogP contribution in [0, 0.1) is 11.8 Å². The van der Waals surface area contributed by atoms with Crippen LogP contribution < -0.4 is 0 Å². The SMILES string of the molecule is CCCCCCCCCCCCc1cc2c3cc(C#Cc4ccc(CCCC)cc4)cc4c5cc(CCCCCCCCCCCC)cc6c7cc(CCCCCCCCCCCC)cc8c9cc(CCCCCCCCCCCC)cc%10c%11cc(CCCCCCCCCCCC)cc%12c(c1)c2c1c(c34)c(c56)c(c78)c(c%109)c1c%12%11. The summed E-state index contributed by atoms with van der Waals surface area (Å²) in [6, 6.07) is 42.3. The molecule has 606 valence electrons. The summed E-state index contributed by atoms with van der Waals surface area (Å²) in [5.74, 6) is 7.81. The van der Waals surface area contributed by atoms with Crippen LogP contribution in [0.15, 0.2) is 97.1 Å². The fourth-order valence-corrected chi connectivity index (χ4v) is 21.7. The van der Waals surface area contributed by atoms with Crippen molar-refractivity contribution in [1.82, 2.24) is 0 Å². The Kier molecular flexibility index (Phi) is 31.7. The molecule has 14 aromatic rings. The predicted molar refractivity (Wildman–Crippen MR) is 512 cm³/mol. The molecule has 0 aliphatic carbocycles. The maximum absolute atomic E-state index is 3.98. The van der Waals surface area contributed by atoms with Gasteiger partial charge in [-0.2, -0.15) is 0 Å². The van der Waals surface area contributed by atoms with Gasteiger partial charge in [-0.15, -0.1) is 0 Å². The Hall–Kier alpha value is -6.68. The zero-order valence-corrected chi connectivity index (χ0v) is 73.2. The third kappa shape index (κ3) is 19.8. The molecular weight excluding hydrogens is 1370 g/mol. The van der Waals surface area contributed by atoms with Gasteiger partial charge in [0.25, 0.3) is 0 Å². The van der Waals surface area contributed by atoms with Crippen molar-refractivity contribution < 1.29 is 0 Å². The van der Waals surface area contributed by atoms with E-state index in [4.69, 9.17) is 0 Å². The van der Waals surface area contributed by atoms with Crippen LogP contribution in [0.1, 0.15) is 420 Å². The highest BCUT2D eigenvalue weighted by Crippen LogP contribution is 2.61. The standard InChI is InChI=1S/C114H150/c1-7-13-19-24-29-34-39-44-49-54-60-85-71-91-93-73-86(61-55-50-45-40-35-30-25-20-14-8-2)75-95-97-77-88(63-57-52-47-42-37-32-27-22-16-10-4)79-99-101-81-90(70-69-84-67-65-83(66-68-84)59-18-12-6)82-102-100-80-89(64-58-53-48-43-38-33-28-23-17-11-5)78-98-96-76-87(62-56-51-46-41-36-31-26-21-15-9-3)74-94-92(72-85)103(91)109-110(104(93)95)112(106(97)99)114(108(101)102)113(107(98)100)111(109)105(94)96/h65-68,71-82H,7-64H2,1-6H3. The zero-order valence-electron chi connectivity index (χ0n) is 73.2. The first-order valence-corrected chi connectivity index (χ1v) is 49.4. The molecule has 14 rings (SSSR count). The molecule has 0 aliphatic rings. The Morgan fingerprint density at radius 3 is 0.491 bits per heavy atom. The van der Waals surface area contributed by atoms with E-state index in [1.54, 1.807) is 59.8 Å². The molecule has 0 saturated carbocycles. The fraction of sp³-hybridized carbons (Fsp3) is 0.561. The molecule has 0 fully saturated rings. The molecule has 0 bridgehead atoms. The molecule has 0 saturated heterocycles. The Morgan fingerprint density at radius 2 is 0.298 bits per heavy atom. The number of fused-ring (bicyclic) bond motifs is 6. The molecule has 0 aromatic heterocycles. The van der Waals surface area contributed by atoms with E-state index in [-0.39, 0.29) is 0 Å². The van der Waals surface area contributed by atoms with Crippen LogP contribution in [-0.4, -0.2) is 0 Å². The second kappa shape index (κ2) is 43.2. The van der Waals surface area contributed by atoms with Gasteiger partial charge in [-0.3, -0.25) is 0 Å². The van der Waals surface area contributed by atoms with E-state index in [0.29, 0.717) is 0 Å². The normalized spacial score (nSPS) is 12.5. The van der Waals surface area contributed by atoms with Crippen molar-refractivity contribution in [1.29, 1.82) is 0 Å². The molecule has 0 nitrogen and oxygen atoms in total. The van der Waals surface area contributed by atoms with E-state index in [1.165, 1.54) is 437 Å². The molecule has 0 unspecified atom stereocenters. The summed E-state index contributed by atoms with van der Waals surface area (Å²) in [4.78, 5) is 0. The van der Waals surface area contributed by atoms with E-state index >= 15 is 0 Å². The monoisotopic (exact) mass is 1520 g/mol. The molecule has 0 N–H and O–H groups in total. The van der Waals surface area contributed by atoms with Crippen molar-refractivity contribution in [3.63, 3.8) is 0 Å². The van der Waals surface area contributed by atoms with E-state index in [0.717, 1.165) is 49.7 Å². The minimum absolute atomic E-state index is 1.11. The van der Waals surface area contributed by atoms with Gasteiger partial charge in [0.15, 0.2) is 0 Å². The first-order valence-electron chi connectivity index (χ1n) is 49.4. The highest BCUT2D eigenvalue weighted by molar-refractivity contribution is 6.61. The molecule has 0 amide bonds. The van der Waals surface area contributed by atoms with Crippen molar-refractivity contribution in [3.05, 3.63) is 142 Å². The van der Waals surface area contributed by atoms with Gasteiger partial charge in [0, 0.05) is 11.1 Å². The number of benzene rings is 14. The first kappa shape index (κ1) is 83.8. The lowest BCUT2D eigenvalue weighted by Crippen LogP contribution is -2.03. The third-order valence-electron chi connectivity index (χ3n) is 28.1. The smallest absolute Gasteiger partial charge is 0.0261 e. The minimum Gasteiger partial charge on any atom is -0.0654 e. The van der Waals surface area contributed by atoms with Crippen molar-refractivity contribution in [2.45, 2.75) is 414 Å². The first-order chi connectivity index (χ1) is 56.4.